The third-order valence-electron chi connectivity index (χ3n) is 9.22. The van der Waals surface area contributed by atoms with Crippen molar-refractivity contribution in [1.29, 1.82) is 0 Å². The molecular weight excluding hydrogens is 628 g/mol. The van der Waals surface area contributed by atoms with Gasteiger partial charge in [-0.2, -0.15) is 0 Å². The predicted molar refractivity (Wildman–Crippen MR) is 162 cm³/mol. The number of ether oxygens (including phenoxy) is 4. The Hall–Kier alpha value is -1.86. The molecule has 2 aliphatic carbocycles. The van der Waals surface area contributed by atoms with Crippen LogP contribution in [0.2, 0.25) is 0 Å². The molecule has 4 fully saturated rings. The molecule has 20 heteroatoms. The molecule has 4 aliphatic rings. The van der Waals surface area contributed by atoms with Gasteiger partial charge in [0.2, 0.25) is 0 Å². The van der Waals surface area contributed by atoms with Crippen LogP contribution in [0.4, 0.5) is 0 Å². The SMILES string of the molecule is CN[C@@H]1[C@@H](O)[C@@H](O[C@H]2[C@H](NC(=O)C3(O)CC3N=C(N)N)C[C@H](N)C(O[C@H]3O[C@H](CNCCCN)[C@@H](O)[C@H](O)[C@H]3O)[C@@H]2O)OC[C@]1(C)O. The fourth-order valence-electron chi connectivity index (χ4n) is 6.39. The number of nitrogens with two attached hydrogens (primary N) is 4. The van der Waals surface area contributed by atoms with Crippen molar-refractivity contribution in [3.8, 4) is 0 Å². The van der Waals surface area contributed by atoms with Crippen LogP contribution in [0, 0.1) is 0 Å². The summed E-state index contributed by atoms with van der Waals surface area (Å²) >= 11 is 0. The molecule has 0 aromatic heterocycles. The number of carbonyl (C=O) groups is 1. The number of rotatable bonds is 13. The van der Waals surface area contributed by atoms with Crippen molar-refractivity contribution < 1.29 is 59.5 Å². The number of aliphatic hydroxyl groups excluding tert-OH is 5. The van der Waals surface area contributed by atoms with E-state index in [2.05, 4.69) is 20.9 Å². The first-order chi connectivity index (χ1) is 22.0. The molecule has 18 N–H and O–H groups in total. The van der Waals surface area contributed by atoms with E-state index in [-0.39, 0.29) is 32.0 Å². The van der Waals surface area contributed by atoms with Crippen LogP contribution in [0.3, 0.4) is 0 Å². The van der Waals surface area contributed by atoms with Crippen molar-refractivity contribution in [3.05, 3.63) is 0 Å². The van der Waals surface area contributed by atoms with Gasteiger partial charge in [-0.05, 0) is 39.9 Å². The zero-order valence-electron chi connectivity index (χ0n) is 26.5. The Morgan fingerprint density at radius 1 is 1.00 bits per heavy atom. The van der Waals surface area contributed by atoms with Crippen LogP contribution in [0.5, 0.6) is 0 Å². The highest BCUT2D eigenvalue weighted by molar-refractivity contribution is 5.90. The molecule has 47 heavy (non-hydrogen) atoms. The minimum Gasteiger partial charge on any atom is -0.388 e. The Kier molecular flexibility index (Phi) is 12.4. The number of hydrogen-bond acceptors (Lipinski definition) is 17. The van der Waals surface area contributed by atoms with Crippen molar-refractivity contribution in [3.63, 3.8) is 0 Å². The number of nitrogens with one attached hydrogen (secondary N) is 3. The number of nitrogens with zero attached hydrogens (tertiary/aromatic N) is 1. The van der Waals surface area contributed by atoms with Gasteiger partial charge in [-0.25, -0.2) is 4.99 Å². The maximum Gasteiger partial charge on any atom is 0.254 e. The lowest BCUT2D eigenvalue weighted by atomic mass is 9.83. The van der Waals surface area contributed by atoms with Gasteiger partial charge in [0.1, 0.15) is 54.4 Å². The maximum atomic E-state index is 13.2. The Labute approximate surface area is 271 Å². The van der Waals surface area contributed by atoms with Gasteiger partial charge in [0.15, 0.2) is 24.1 Å². The average molecular weight is 681 g/mol. The number of guanidine groups is 1. The highest BCUT2D eigenvalue weighted by Crippen LogP contribution is 2.40. The van der Waals surface area contributed by atoms with Gasteiger partial charge >= 0.3 is 0 Å². The molecule has 2 heterocycles. The standard InChI is InChI=1S/C27H52N8O12/c1-26(42)9-44-22(18(40)21(26)32-2)47-20-11(34-24(41)27(43)7-13(27)35-25(30)31)6-10(29)19(17(20)39)46-23-16(38)15(37)14(36)12(45-23)8-33-5-3-4-28/h10-23,32-33,36-40,42-43H,3-9,28-29H2,1-2H3,(H,34,41)(H4,30,31,35)/t10-,11+,12+,13?,14+,15-,16+,17-,18+,19?,20-,21+,22+,23+,26-,27?/m0/s1. The first-order valence-corrected chi connectivity index (χ1v) is 15.7. The van der Waals surface area contributed by atoms with Crippen LogP contribution in [0.1, 0.15) is 26.2 Å². The Morgan fingerprint density at radius 3 is 2.32 bits per heavy atom. The van der Waals surface area contributed by atoms with Gasteiger partial charge in [-0.15, -0.1) is 0 Å². The smallest absolute Gasteiger partial charge is 0.254 e. The third-order valence-corrected chi connectivity index (χ3v) is 9.22. The summed E-state index contributed by atoms with van der Waals surface area (Å²) in [5.41, 5.74) is 19.3. The first-order valence-electron chi connectivity index (χ1n) is 15.7. The average Bonchev–Trinajstić information content (AvgIpc) is 3.66. The maximum absolute atomic E-state index is 13.2. The van der Waals surface area contributed by atoms with E-state index in [4.69, 9.17) is 41.9 Å². The second kappa shape index (κ2) is 15.4. The Balaban J connectivity index is 1.54. The van der Waals surface area contributed by atoms with E-state index in [1.165, 1.54) is 14.0 Å². The van der Waals surface area contributed by atoms with E-state index in [1.54, 1.807) is 0 Å². The topological polar surface area (TPSA) is 348 Å². The van der Waals surface area contributed by atoms with Crippen molar-refractivity contribution >= 4 is 11.9 Å². The van der Waals surface area contributed by atoms with Crippen molar-refractivity contribution in [2.24, 2.45) is 27.9 Å². The van der Waals surface area contributed by atoms with E-state index in [0.717, 1.165) is 0 Å². The number of aliphatic hydroxyl groups is 7. The summed E-state index contributed by atoms with van der Waals surface area (Å²) in [4.78, 5) is 17.0. The van der Waals surface area contributed by atoms with Crippen LogP contribution >= 0.6 is 0 Å². The van der Waals surface area contributed by atoms with E-state index >= 15 is 0 Å². The lowest BCUT2D eigenvalue weighted by Gasteiger charge is -2.49. The molecule has 272 valence electrons. The third kappa shape index (κ3) is 8.31. The monoisotopic (exact) mass is 680 g/mol. The number of hydrogen-bond donors (Lipinski definition) is 14. The quantitative estimate of drug-likeness (QED) is 0.0487. The molecule has 3 unspecified atom stereocenters. The molecule has 2 saturated heterocycles. The molecule has 16 atom stereocenters. The zero-order chi connectivity index (χ0) is 34.8. The summed E-state index contributed by atoms with van der Waals surface area (Å²) in [7, 11) is 1.53. The second-order valence-electron chi connectivity index (χ2n) is 13.0. The minimum atomic E-state index is -1.93. The van der Waals surface area contributed by atoms with Gasteiger partial charge in [0.25, 0.3) is 5.91 Å². The molecule has 2 saturated carbocycles. The molecule has 0 aromatic carbocycles. The summed E-state index contributed by atoms with van der Waals surface area (Å²) in [5.74, 6) is -1.18. The lowest BCUT2D eigenvalue weighted by molar-refractivity contribution is -0.330. The number of likely N-dealkylation sites (N-methyl/N-ethyl adjacent to an activating group) is 1. The predicted octanol–water partition coefficient (Wildman–Crippen LogP) is -8.09. The molecule has 1 amide bonds. The van der Waals surface area contributed by atoms with Gasteiger partial charge in [-0.3, -0.25) is 4.79 Å². The summed E-state index contributed by atoms with van der Waals surface area (Å²) in [6.45, 7) is 2.22. The van der Waals surface area contributed by atoms with E-state index in [9.17, 15) is 40.5 Å². The Bertz CT molecular complexity index is 1090. The van der Waals surface area contributed by atoms with Gasteiger partial charge in [-0.1, -0.05) is 0 Å². The van der Waals surface area contributed by atoms with Crippen LogP contribution in [0.25, 0.3) is 0 Å². The zero-order valence-corrected chi connectivity index (χ0v) is 26.5. The molecule has 0 spiro atoms. The van der Waals surface area contributed by atoms with Gasteiger partial charge < -0.3 is 93.6 Å². The van der Waals surface area contributed by atoms with E-state index in [1.807, 2.05) is 0 Å². The Morgan fingerprint density at radius 2 is 1.68 bits per heavy atom. The highest BCUT2D eigenvalue weighted by atomic mass is 16.7. The molecule has 2 aliphatic heterocycles. The number of amides is 1. The highest BCUT2D eigenvalue weighted by Gasteiger charge is 2.61. The molecule has 4 rings (SSSR count). The summed E-state index contributed by atoms with van der Waals surface area (Å²) < 4.78 is 23.4. The van der Waals surface area contributed by atoms with E-state index in [0.29, 0.717) is 19.5 Å². The molecule has 0 radical (unpaired) electrons. The van der Waals surface area contributed by atoms with Crippen LogP contribution in [0.15, 0.2) is 4.99 Å². The normalized spacial score (nSPS) is 46.9. The summed E-state index contributed by atoms with van der Waals surface area (Å²) in [6, 6.07) is -3.93. The lowest BCUT2D eigenvalue weighted by Crippen LogP contribution is -2.70. The number of carbonyl (C=O) groups excluding carboxylic acids is 1. The molecule has 0 aromatic rings. The van der Waals surface area contributed by atoms with Crippen molar-refractivity contribution in [2.45, 2.75) is 123 Å². The van der Waals surface area contributed by atoms with Crippen molar-refractivity contribution in [1.82, 2.24) is 16.0 Å². The summed E-state index contributed by atoms with van der Waals surface area (Å²) in [5, 5.41) is 84.4. The fourth-order valence-corrected chi connectivity index (χ4v) is 6.39. The van der Waals surface area contributed by atoms with Crippen molar-refractivity contribution in [2.75, 3.05) is 33.3 Å². The second-order valence-corrected chi connectivity index (χ2v) is 13.0. The van der Waals surface area contributed by atoms with Crippen LogP contribution < -0.4 is 38.9 Å². The van der Waals surface area contributed by atoms with Crippen LogP contribution in [-0.4, -0.2) is 178 Å². The first kappa shape index (κ1) is 38.0. The van der Waals surface area contributed by atoms with Crippen LogP contribution in [-0.2, 0) is 23.7 Å². The van der Waals surface area contributed by atoms with Gasteiger partial charge in [0, 0.05) is 19.0 Å². The molecular formula is C27H52N8O12. The molecule has 0 bridgehead atoms. The van der Waals surface area contributed by atoms with Gasteiger partial charge in [0.05, 0.1) is 24.7 Å². The van der Waals surface area contributed by atoms with E-state index < -0.39 is 103 Å². The number of aliphatic imine (C=N–C) groups is 1. The summed E-state index contributed by atoms with van der Waals surface area (Å²) in [6.07, 6.45) is -14.3. The molecule has 20 nitrogen and oxygen atoms in total. The minimum absolute atomic E-state index is 0.0635. The largest absolute Gasteiger partial charge is 0.388 e. The fraction of sp³-hybridized carbons (Fsp3) is 0.926.